The summed E-state index contributed by atoms with van der Waals surface area (Å²) in [4.78, 5) is 28.2. The number of fused-ring (bicyclic) bond motifs is 1. The van der Waals surface area contributed by atoms with Crippen LogP contribution in [0.15, 0.2) is 48.7 Å². The smallest absolute Gasteiger partial charge is 0.241 e. The van der Waals surface area contributed by atoms with Crippen LogP contribution in [0.2, 0.25) is 0 Å². The van der Waals surface area contributed by atoms with Crippen molar-refractivity contribution in [3.05, 3.63) is 71.7 Å². The Bertz CT molecular complexity index is 1000. The minimum absolute atomic E-state index is 0.338. The number of carbonyl (C=O) groups is 2. The number of nitrogens with zero attached hydrogens (tertiary/aromatic N) is 1. The van der Waals surface area contributed by atoms with E-state index in [1.807, 2.05) is 0 Å². The van der Waals surface area contributed by atoms with E-state index in [0.717, 1.165) is 5.39 Å². The fraction of sp³-hybridized carbons (Fsp3) is 0.0556. The summed E-state index contributed by atoms with van der Waals surface area (Å²) in [7, 11) is 0. The van der Waals surface area contributed by atoms with Gasteiger partial charge in [0.25, 0.3) is 0 Å². The highest BCUT2D eigenvalue weighted by molar-refractivity contribution is 6.11. The first kappa shape index (κ1) is 17.4. The van der Waals surface area contributed by atoms with E-state index in [2.05, 4.69) is 10.3 Å². The van der Waals surface area contributed by atoms with Gasteiger partial charge in [-0.25, -0.2) is 13.2 Å². The van der Waals surface area contributed by atoms with Crippen LogP contribution in [0.3, 0.4) is 0 Å². The molecule has 26 heavy (non-hydrogen) atoms. The predicted octanol–water partition coefficient (Wildman–Crippen LogP) is 2.86. The number of hydrogen-bond donors (Lipinski definition) is 2. The number of rotatable bonds is 4. The molecule has 0 aliphatic carbocycles. The molecule has 0 fully saturated rings. The highest BCUT2D eigenvalue weighted by Crippen LogP contribution is 2.24. The Morgan fingerprint density at radius 3 is 2.38 bits per heavy atom. The summed E-state index contributed by atoms with van der Waals surface area (Å²) >= 11 is 0. The van der Waals surface area contributed by atoms with Gasteiger partial charge in [0, 0.05) is 17.3 Å². The largest absolute Gasteiger partial charge is 0.369 e. The van der Waals surface area contributed by atoms with Gasteiger partial charge in [-0.3, -0.25) is 14.6 Å². The minimum atomic E-state index is -1.69. The number of benzene rings is 2. The summed E-state index contributed by atoms with van der Waals surface area (Å²) in [5.74, 6) is -8.45. The lowest BCUT2D eigenvalue weighted by Crippen LogP contribution is -2.32. The van der Waals surface area contributed by atoms with E-state index >= 15 is 0 Å². The first-order chi connectivity index (χ1) is 12.4. The highest BCUT2D eigenvalue weighted by Gasteiger charge is 2.29. The molecule has 1 aromatic heterocycles. The maximum Gasteiger partial charge on any atom is 0.241 e. The highest BCUT2D eigenvalue weighted by atomic mass is 19.2. The van der Waals surface area contributed by atoms with Crippen molar-refractivity contribution in [3.63, 3.8) is 0 Å². The molecule has 3 rings (SSSR count). The first-order valence-electron chi connectivity index (χ1n) is 7.46. The topological polar surface area (TPSA) is 85.1 Å². The third-order valence-electron chi connectivity index (χ3n) is 3.76. The molecule has 5 nitrogen and oxygen atoms in total. The molecule has 8 heteroatoms. The van der Waals surface area contributed by atoms with Gasteiger partial charge in [0.1, 0.15) is 5.92 Å². The third kappa shape index (κ3) is 3.34. The maximum atomic E-state index is 13.4. The summed E-state index contributed by atoms with van der Waals surface area (Å²) < 4.78 is 39.9. The number of nitrogens with two attached hydrogens (primary N) is 1. The molecule has 132 valence electrons. The minimum Gasteiger partial charge on any atom is -0.369 e. The van der Waals surface area contributed by atoms with Crippen LogP contribution in [0, 0.1) is 17.5 Å². The molecule has 0 aliphatic heterocycles. The monoisotopic (exact) mass is 359 g/mol. The second-order valence-electron chi connectivity index (χ2n) is 5.53. The van der Waals surface area contributed by atoms with Gasteiger partial charge in [0.15, 0.2) is 17.5 Å². The molecule has 1 atom stereocenters. The van der Waals surface area contributed by atoms with Crippen molar-refractivity contribution < 1.29 is 22.8 Å². The van der Waals surface area contributed by atoms with Crippen LogP contribution < -0.4 is 11.1 Å². The van der Waals surface area contributed by atoms with Gasteiger partial charge in [0.2, 0.25) is 11.8 Å². The van der Waals surface area contributed by atoms with Crippen LogP contribution in [0.1, 0.15) is 11.5 Å². The Labute approximate surface area is 145 Å². The van der Waals surface area contributed by atoms with E-state index in [0.29, 0.717) is 23.3 Å². The van der Waals surface area contributed by atoms with Crippen molar-refractivity contribution >= 4 is 28.4 Å². The standard InChI is InChI=1S/C18H12F3N3O2/c19-12-7-10(8-13(20)16(12)21)15(17(22)25)18(26)24-11-3-4-14-9(6-11)2-1-5-23-14/h1-8,15H,(H2,22,25)(H,24,26)/t15-/m1/s1. The van der Waals surface area contributed by atoms with Gasteiger partial charge in [0.05, 0.1) is 5.52 Å². The molecular formula is C18H12F3N3O2. The third-order valence-corrected chi connectivity index (χ3v) is 3.76. The second kappa shape index (κ2) is 6.83. The number of hydrogen-bond acceptors (Lipinski definition) is 3. The average molecular weight is 359 g/mol. The number of nitrogens with one attached hydrogen (secondary N) is 1. The van der Waals surface area contributed by atoms with Gasteiger partial charge in [-0.2, -0.15) is 0 Å². The average Bonchev–Trinajstić information content (AvgIpc) is 2.59. The Morgan fingerprint density at radius 2 is 1.73 bits per heavy atom. The zero-order chi connectivity index (χ0) is 18.8. The summed E-state index contributed by atoms with van der Waals surface area (Å²) in [6.45, 7) is 0. The fourth-order valence-corrected chi connectivity index (χ4v) is 2.55. The lowest BCUT2D eigenvalue weighted by Gasteiger charge is -2.15. The van der Waals surface area contributed by atoms with E-state index in [9.17, 15) is 22.8 Å². The Balaban J connectivity index is 1.92. The van der Waals surface area contributed by atoms with Gasteiger partial charge in [-0.15, -0.1) is 0 Å². The van der Waals surface area contributed by atoms with Gasteiger partial charge in [-0.05, 0) is 42.0 Å². The quantitative estimate of drug-likeness (QED) is 0.555. The molecular weight excluding hydrogens is 347 g/mol. The molecule has 0 bridgehead atoms. The van der Waals surface area contributed by atoms with Crippen LogP contribution in [-0.2, 0) is 9.59 Å². The van der Waals surface area contributed by atoms with Crippen molar-refractivity contribution in [1.82, 2.24) is 4.98 Å². The second-order valence-corrected chi connectivity index (χ2v) is 5.53. The lowest BCUT2D eigenvalue weighted by atomic mass is 9.97. The van der Waals surface area contributed by atoms with E-state index in [-0.39, 0.29) is 5.56 Å². The summed E-state index contributed by atoms with van der Waals surface area (Å²) in [5, 5.41) is 3.20. The van der Waals surface area contributed by atoms with Gasteiger partial charge in [-0.1, -0.05) is 6.07 Å². The number of pyridine rings is 1. The maximum absolute atomic E-state index is 13.4. The Kier molecular flexibility index (Phi) is 4.57. The van der Waals surface area contributed by atoms with Crippen molar-refractivity contribution in [3.8, 4) is 0 Å². The molecule has 1 heterocycles. The Morgan fingerprint density at radius 1 is 1.04 bits per heavy atom. The first-order valence-corrected chi connectivity index (χ1v) is 7.46. The summed E-state index contributed by atoms with van der Waals surface area (Å²) in [6, 6.07) is 9.44. The number of halogens is 3. The summed E-state index contributed by atoms with van der Waals surface area (Å²) in [6.07, 6.45) is 1.61. The number of amides is 2. The van der Waals surface area contributed by atoms with Crippen LogP contribution in [0.5, 0.6) is 0 Å². The van der Waals surface area contributed by atoms with Crippen molar-refractivity contribution in [2.75, 3.05) is 5.32 Å². The van der Waals surface area contributed by atoms with E-state index in [4.69, 9.17) is 5.73 Å². The van der Waals surface area contributed by atoms with E-state index in [1.165, 1.54) is 0 Å². The van der Waals surface area contributed by atoms with Crippen molar-refractivity contribution in [2.24, 2.45) is 5.73 Å². The zero-order valence-corrected chi connectivity index (χ0v) is 13.2. The molecule has 0 aliphatic rings. The van der Waals surface area contributed by atoms with Gasteiger partial charge < -0.3 is 11.1 Å². The normalized spacial score (nSPS) is 12.0. The SMILES string of the molecule is NC(=O)[C@H](C(=O)Nc1ccc2ncccc2c1)c1cc(F)c(F)c(F)c1. The van der Waals surface area contributed by atoms with E-state index in [1.54, 1.807) is 36.5 Å². The van der Waals surface area contributed by atoms with Crippen LogP contribution in [0.4, 0.5) is 18.9 Å². The molecule has 3 N–H and O–H groups in total. The zero-order valence-electron chi connectivity index (χ0n) is 13.2. The predicted molar refractivity (Wildman–Crippen MR) is 88.6 cm³/mol. The molecule has 3 aromatic rings. The van der Waals surface area contributed by atoms with Crippen molar-refractivity contribution in [2.45, 2.75) is 5.92 Å². The molecule has 0 unspecified atom stereocenters. The van der Waals surface area contributed by atoms with E-state index < -0.39 is 35.2 Å². The van der Waals surface area contributed by atoms with Crippen molar-refractivity contribution in [1.29, 1.82) is 0 Å². The van der Waals surface area contributed by atoms with Gasteiger partial charge >= 0.3 is 0 Å². The lowest BCUT2D eigenvalue weighted by molar-refractivity contribution is -0.127. The fourth-order valence-electron chi connectivity index (χ4n) is 2.55. The molecule has 2 amide bonds. The molecule has 0 saturated carbocycles. The number of aromatic nitrogens is 1. The van der Waals surface area contributed by atoms with Crippen LogP contribution in [-0.4, -0.2) is 16.8 Å². The molecule has 0 saturated heterocycles. The number of carbonyl (C=O) groups excluding carboxylic acids is 2. The molecule has 0 spiro atoms. The number of anilines is 1. The molecule has 2 aromatic carbocycles. The molecule has 0 radical (unpaired) electrons. The van der Waals surface area contributed by atoms with Crippen LogP contribution in [0.25, 0.3) is 10.9 Å². The summed E-state index contributed by atoms with van der Waals surface area (Å²) in [5.41, 5.74) is 5.85. The Hall–Kier alpha value is -3.42. The number of primary amides is 1. The van der Waals surface area contributed by atoms with Crippen LogP contribution >= 0.6 is 0 Å².